The lowest BCUT2D eigenvalue weighted by atomic mass is 10.0. The van der Waals surface area contributed by atoms with Crippen LogP contribution in [-0.2, 0) is 10.8 Å². The summed E-state index contributed by atoms with van der Waals surface area (Å²) in [5.41, 5.74) is 0. The highest BCUT2D eigenvalue weighted by Gasteiger charge is 2.19. The van der Waals surface area contributed by atoms with E-state index in [0.717, 1.165) is 31.1 Å². The maximum atomic E-state index is 11.2. The lowest BCUT2D eigenvalue weighted by Crippen LogP contribution is -2.47. The third kappa shape index (κ3) is 3.04. The Kier molecular flexibility index (Phi) is 3.96. The van der Waals surface area contributed by atoms with Crippen LogP contribution in [0.25, 0.3) is 0 Å². The topological polar surface area (TPSA) is 32.3 Å². The molecule has 1 atom stereocenters. The zero-order chi connectivity index (χ0) is 9.80. The van der Waals surface area contributed by atoms with E-state index < -0.39 is 10.8 Å². The van der Waals surface area contributed by atoms with Crippen molar-refractivity contribution >= 4 is 10.8 Å². The molecule has 1 N–H and O–H groups in total. The normalized spacial score (nSPS) is 31.9. The molecule has 0 aliphatic carbocycles. The molecule has 0 aromatic rings. The van der Waals surface area contributed by atoms with Crippen molar-refractivity contribution in [2.75, 3.05) is 37.7 Å². The predicted octanol–water partition coefficient (Wildman–Crippen LogP) is 0.193. The van der Waals surface area contributed by atoms with Gasteiger partial charge >= 0.3 is 0 Å². The molecule has 1 unspecified atom stereocenters. The molecule has 2 aliphatic heterocycles. The summed E-state index contributed by atoms with van der Waals surface area (Å²) < 4.78 is 11.2. The molecule has 0 aromatic heterocycles. The first kappa shape index (κ1) is 10.6. The lowest BCUT2D eigenvalue weighted by molar-refractivity contribution is 0.240. The Hall–Kier alpha value is 0.0700. The highest BCUT2D eigenvalue weighted by atomic mass is 32.2. The van der Waals surface area contributed by atoms with Crippen LogP contribution < -0.4 is 5.32 Å². The third-order valence-electron chi connectivity index (χ3n) is 3.16. The summed E-state index contributed by atoms with van der Waals surface area (Å²) in [7, 11) is -0.530. The molecule has 2 saturated heterocycles. The summed E-state index contributed by atoms with van der Waals surface area (Å²) >= 11 is 0. The van der Waals surface area contributed by atoms with E-state index in [1.807, 2.05) is 0 Å². The van der Waals surface area contributed by atoms with Gasteiger partial charge in [0.15, 0.2) is 0 Å². The Morgan fingerprint density at radius 3 is 2.71 bits per heavy atom. The van der Waals surface area contributed by atoms with Crippen molar-refractivity contribution in [1.29, 1.82) is 0 Å². The molecule has 2 aliphatic rings. The molecule has 2 fully saturated rings. The zero-order valence-electron chi connectivity index (χ0n) is 8.71. The van der Waals surface area contributed by atoms with Gasteiger partial charge in [-0.25, -0.2) is 0 Å². The van der Waals surface area contributed by atoms with Crippen LogP contribution in [0.1, 0.15) is 19.3 Å². The van der Waals surface area contributed by atoms with Crippen LogP contribution in [-0.4, -0.2) is 52.8 Å². The summed E-state index contributed by atoms with van der Waals surface area (Å²) in [6.45, 7) is 4.41. The van der Waals surface area contributed by atoms with Crippen molar-refractivity contribution < 1.29 is 4.21 Å². The number of hydrogen-bond acceptors (Lipinski definition) is 3. The van der Waals surface area contributed by atoms with E-state index >= 15 is 0 Å². The van der Waals surface area contributed by atoms with Gasteiger partial charge in [-0.05, 0) is 19.4 Å². The van der Waals surface area contributed by atoms with Gasteiger partial charge in [0, 0.05) is 48.0 Å². The fourth-order valence-electron chi connectivity index (χ4n) is 2.25. The Labute approximate surface area is 88.7 Å². The summed E-state index contributed by atoms with van der Waals surface area (Å²) in [4.78, 5) is 2.46. The van der Waals surface area contributed by atoms with E-state index in [1.54, 1.807) is 0 Å². The second kappa shape index (κ2) is 5.24. The Bertz CT molecular complexity index is 194. The first-order chi connectivity index (χ1) is 6.84. The largest absolute Gasteiger partial charge is 0.313 e. The minimum Gasteiger partial charge on any atom is -0.313 e. The van der Waals surface area contributed by atoms with Gasteiger partial charge in [-0.1, -0.05) is 6.42 Å². The maximum absolute atomic E-state index is 11.2. The molecule has 0 amide bonds. The van der Waals surface area contributed by atoms with Crippen molar-refractivity contribution in [2.45, 2.75) is 25.3 Å². The second-order valence-electron chi connectivity index (χ2n) is 4.30. The molecule has 0 aromatic carbocycles. The van der Waals surface area contributed by atoms with Gasteiger partial charge in [0.05, 0.1) is 0 Å². The second-order valence-corrected chi connectivity index (χ2v) is 5.99. The van der Waals surface area contributed by atoms with Crippen LogP contribution in [0, 0.1) is 0 Å². The molecule has 0 radical (unpaired) electrons. The van der Waals surface area contributed by atoms with E-state index in [0.29, 0.717) is 6.04 Å². The van der Waals surface area contributed by atoms with Crippen LogP contribution in [0.3, 0.4) is 0 Å². The molecule has 14 heavy (non-hydrogen) atoms. The van der Waals surface area contributed by atoms with Crippen LogP contribution in [0.15, 0.2) is 0 Å². The maximum Gasteiger partial charge on any atom is 0.0363 e. The first-order valence-electron chi connectivity index (χ1n) is 5.65. The van der Waals surface area contributed by atoms with Crippen molar-refractivity contribution in [2.24, 2.45) is 0 Å². The lowest BCUT2D eigenvalue weighted by Gasteiger charge is -2.32. The third-order valence-corrected chi connectivity index (χ3v) is 4.44. The minimum absolute atomic E-state index is 0.530. The van der Waals surface area contributed by atoms with Gasteiger partial charge in [-0.3, -0.25) is 9.11 Å². The molecule has 4 heteroatoms. The van der Waals surface area contributed by atoms with Gasteiger partial charge in [-0.2, -0.15) is 0 Å². The number of nitrogens with zero attached hydrogens (tertiary/aromatic N) is 1. The standard InChI is InChI=1S/C10H20N2OS/c13-14-7-5-12(6-8-14)9-10-3-1-2-4-11-10/h10-11H,1-9H2. The Morgan fingerprint density at radius 1 is 1.29 bits per heavy atom. The molecule has 2 rings (SSSR count). The zero-order valence-corrected chi connectivity index (χ0v) is 9.52. The molecular formula is C10H20N2OS. The van der Waals surface area contributed by atoms with Crippen molar-refractivity contribution in [3.63, 3.8) is 0 Å². The first-order valence-corrected chi connectivity index (χ1v) is 7.14. The van der Waals surface area contributed by atoms with Crippen LogP contribution in [0.2, 0.25) is 0 Å². The summed E-state index contributed by atoms with van der Waals surface area (Å²) in [6, 6.07) is 0.690. The average molecular weight is 216 g/mol. The van der Waals surface area contributed by atoms with Crippen LogP contribution >= 0.6 is 0 Å². The fourth-order valence-corrected chi connectivity index (χ4v) is 3.38. The summed E-state index contributed by atoms with van der Waals surface area (Å²) in [6.07, 6.45) is 4.03. The van der Waals surface area contributed by atoms with Crippen LogP contribution in [0.4, 0.5) is 0 Å². The van der Waals surface area contributed by atoms with E-state index in [4.69, 9.17) is 0 Å². The van der Waals surface area contributed by atoms with Crippen molar-refractivity contribution in [1.82, 2.24) is 10.2 Å². The number of rotatable bonds is 2. The van der Waals surface area contributed by atoms with Gasteiger partial charge in [0.1, 0.15) is 0 Å². The molecule has 3 nitrogen and oxygen atoms in total. The Balaban J connectivity index is 1.71. The molecule has 82 valence electrons. The Morgan fingerprint density at radius 2 is 2.07 bits per heavy atom. The number of nitrogens with one attached hydrogen (secondary N) is 1. The number of piperidine rings is 1. The molecule has 0 spiro atoms. The van der Waals surface area contributed by atoms with Gasteiger partial charge in [0.25, 0.3) is 0 Å². The minimum atomic E-state index is -0.530. The highest BCUT2D eigenvalue weighted by Crippen LogP contribution is 2.09. The van der Waals surface area contributed by atoms with Crippen molar-refractivity contribution in [3.05, 3.63) is 0 Å². The van der Waals surface area contributed by atoms with E-state index in [9.17, 15) is 4.21 Å². The van der Waals surface area contributed by atoms with Gasteiger partial charge < -0.3 is 5.32 Å². The number of hydrogen-bond donors (Lipinski definition) is 1. The van der Waals surface area contributed by atoms with Gasteiger partial charge in [0.2, 0.25) is 0 Å². The SMILES string of the molecule is O=S1CCN(CC2CCCCN2)CC1. The highest BCUT2D eigenvalue weighted by molar-refractivity contribution is 7.85. The predicted molar refractivity (Wildman–Crippen MR) is 60.0 cm³/mol. The molecule has 0 bridgehead atoms. The molecule has 2 heterocycles. The van der Waals surface area contributed by atoms with E-state index in [2.05, 4.69) is 10.2 Å². The van der Waals surface area contributed by atoms with Gasteiger partial charge in [-0.15, -0.1) is 0 Å². The van der Waals surface area contributed by atoms with E-state index in [-0.39, 0.29) is 0 Å². The molecular weight excluding hydrogens is 196 g/mol. The van der Waals surface area contributed by atoms with Crippen molar-refractivity contribution in [3.8, 4) is 0 Å². The summed E-state index contributed by atoms with van der Waals surface area (Å²) in [5, 5.41) is 3.56. The fraction of sp³-hybridized carbons (Fsp3) is 1.00. The van der Waals surface area contributed by atoms with Crippen LogP contribution in [0.5, 0.6) is 0 Å². The van der Waals surface area contributed by atoms with E-state index in [1.165, 1.54) is 25.8 Å². The molecule has 0 saturated carbocycles. The average Bonchev–Trinajstić information content (AvgIpc) is 2.23. The quantitative estimate of drug-likeness (QED) is 0.715. The smallest absolute Gasteiger partial charge is 0.0363 e. The monoisotopic (exact) mass is 216 g/mol. The summed E-state index contributed by atoms with van der Waals surface area (Å²) in [5.74, 6) is 1.76.